The first-order valence-corrected chi connectivity index (χ1v) is 9.18. The van der Waals surface area contributed by atoms with Crippen LogP contribution in [0.3, 0.4) is 0 Å². The standard InChI is InChI=1S/C18H36N2/c1-3-15-10-12-17(13-11-15)20(2)18(14-19)16-8-6-4-5-7-9-16/h15-18H,3-14,19H2,1-2H3. The minimum atomic E-state index is 0.635. The lowest BCUT2D eigenvalue weighted by Crippen LogP contribution is -2.49. The fraction of sp³-hybridized carbons (Fsp3) is 1.00. The fourth-order valence-corrected chi connectivity index (χ4v) is 4.62. The largest absolute Gasteiger partial charge is 0.329 e. The number of likely N-dealkylation sites (N-methyl/N-ethyl adjacent to an activating group) is 1. The summed E-state index contributed by atoms with van der Waals surface area (Å²) in [6, 6.07) is 1.44. The molecular weight excluding hydrogens is 244 g/mol. The van der Waals surface area contributed by atoms with Gasteiger partial charge in [-0.3, -0.25) is 4.90 Å². The molecule has 2 aliphatic carbocycles. The maximum atomic E-state index is 6.17. The van der Waals surface area contributed by atoms with Crippen LogP contribution in [0, 0.1) is 11.8 Å². The van der Waals surface area contributed by atoms with Gasteiger partial charge in [0.1, 0.15) is 0 Å². The van der Waals surface area contributed by atoms with E-state index in [2.05, 4.69) is 18.9 Å². The van der Waals surface area contributed by atoms with Crippen molar-refractivity contribution in [2.45, 2.75) is 89.6 Å². The molecule has 20 heavy (non-hydrogen) atoms. The van der Waals surface area contributed by atoms with Gasteiger partial charge in [0.25, 0.3) is 0 Å². The van der Waals surface area contributed by atoms with Crippen LogP contribution < -0.4 is 5.73 Å². The van der Waals surface area contributed by atoms with Crippen molar-refractivity contribution in [1.82, 2.24) is 4.90 Å². The minimum Gasteiger partial charge on any atom is -0.329 e. The van der Waals surface area contributed by atoms with E-state index < -0.39 is 0 Å². The first-order chi connectivity index (χ1) is 9.76. The molecule has 0 aromatic heterocycles. The molecule has 0 bridgehead atoms. The van der Waals surface area contributed by atoms with Crippen LogP contribution in [0.2, 0.25) is 0 Å². The van der Waals surface area contributed by atoms with Crippen molar-refractivity contribution in [2.24, 2.45) is 17.6 Å². The van der Waals surface area contributed by atoms with Crippen LogP contribution in [0.15, 0.2) is 0 Å². The average Bonchev–Trinajstić information content (AvgIpc) is 2.77. The molecule has 0 radical (unpaired) electrons. The van der Waals surface area contributed by atoms with Gasteiger partial charge in [0.2, 0.25) is 0 Å². The van der Waals surface area contributed by atoms with Crippen LogP contribution in [-0.4, -0.2) is 30.6 Å². The summed E-state index contributed by atoms with van der Waals surface area (Å²) in [5.74, 6) is 1.85. The molecule has 0 spiro atoms. The molecular formula is C18H36N2. The summed E-state index contributed by atoms with van der Waals surface area (Å²) >= 11 is 0. The van der Waals surface area contributed by atoms with Gasteiger partial charge in [-0.2, -0.15) is 0 Å². The van der Waals surface area contributed by atoms with E-state index in [0.29, 0.717) is 6.04 Å². The van der Waals surface area contributed by atoms with Crippen LogP contribution in [0.4, 0.5) is 0 Å². The van der Waals surface area contributed by atoms with Gasteiger partial charge in [-0.15, -0.1) is 0 Å². The minimum absolute atomic E-state index is 0.635. The molecule has 0 amide bonds. The third kappa shape index (κ3) is 4.21. The summed E-state index contributed by atoms with van der Waals surface area (Å²) in [6.45, 7) is 3.21. The van der Waals surface area contributed by atoms with Crippen molar-refractivity contribution in [3.63, 3.8) is 0 Å². The monoisotopic (exact) mass is 280 g/mol. The second-order valence-corrected chi connectivity index (χ2v) is 7.30. The van der Waals surface area contributed by atoms with Crippen LogP contribution >= 0.6 is 0 Å². The molecule has 1 atom stereocenters. The van der Waals surface area contributed by atoms with Crippen LogP contribution in [0.5, 0.6) is 0 Å². The lowest BCUT2D eigenvalue weighted by molar-refractivity contribution is 0.0840. The molecule has 2 rings (SSSR count). The molecule has 2 nitrogen and oxygen atoms in total. The van der Waals surface area contributed by atoms with E-state index in [0.717, 1.165) is 24.4 Å². The van der Waals surface area contributed by atoms with E-state index in [-0.39, 0.29) is 0 Å². The van der Waals surface area contributed by atoms with Gasteiger partial charge in [-0.25, -0.2) is 0 Å². The number of rotatable bonds is 5. The molecule has 2 saturated carbocycles. The van der Waals surface area contributed by atoms with Crippen molar-refractivity contribution in [3.05, 3.63) is 0 Å². The number of nitrogens with two attached hydrogens (primary N) is 1. The first-order valence-electron chi connectivity index (χ1n) is 9.18. The molecule has 0 saturated heterocycles. The first kappa shape index (κ1) is 16.3. The highest BCUT2D eigenvalue weighted by Gasteiger charge is 2.31. The third-order valence-corrected chi connectivity index (χ3v) is 6.18. The van der Waals surface area contributed by atoms with Crippen LogP contribution in [0.1, 0.15) is 77.6 Å². The molecule has 0 aromatic carbocycles. The Morgan fingerprint density at radius 3 is 2.05 bits per heavy atom. The van der Waals surface area contributed by atoms with Crippen LogP contribution in [0.25, 0.3) is 0 Å². The maximum Gasteiger partial charge on any atom is 0.0246 e. The summed E-state index contributed by atoms with van der Waals surface area (Å²) in [4.78, 5) is 2.68. The third-order valence-electron chi connectivity index (χ3n) is 6.18. The SMILES string of the molecule is CCC1CCC(N(C)C(CN)C2CCCCCC2)CC1. The number of nitrogens with zero attached hydrogens (tertiary/aromatic N) is 1. The van der Waals surface area contributed by atoms with Crippen molar-refractivity contribution >= 4 is 0 Å². The smallest absolute Gasteiger partial charge is 0.0246 e. The zero-order valence-electron chi connectivity index (χ0n) is 13.8. The topological polar surface area (TPSA) is 29.3 Å². The predicted octanol–water partition coefficient (Wildman–Crippen LogP) is 4.18. The Balaban J connectivity index is 1.89. The Labute approximate surface area is 126 Å². The van der Waals surface area contributed by atoms with E-state index in [1.54, 1.807) is 0 Å². The summed E-state index contributed by atoms with van der Waals surface area (Å²) < 4.78 is 0. The van der Waals surface area contributed by atoms with Crippen molar-refractivity contribution in [3.8, 4) is 0 Å². The predicted molar refractivity (Wildman–Crippen MR) is 87.8 cm³/mol. The van der Waals surface area contributed by atoms with E-state index >= 15 is 0 Å². The fourth-order valence-electron chi connectivity index (χ4n) is 4.62. The molecule has 0 heterocycles. The highest BCUT2D eigenvalue weighted by atomic mass is 15.2. The number of hydrogen-bond acceptors (Lipinski definition) is 2. The van der Waals surface area contributed by atoms with Crippen molar-refractivity contribution in [1.29, 1.82) is 0 Å². The van der Waals surface area contributed by atoms with Gasteiger partial charge in [-0.1, -0.05) is 39.0 Å². The summed E-state index contributed by atoms with van der Waals surface area (Å²) in [5.41, 5.74) is 6.17. The van der Waals surface area contributed by atoms with E-state index in [1.807, 2.05) is 0 Å². The van der Waals surface area contributed by atoms with E-state index in [1.165, 1.54) is 70.6 Å². The second-order valence-electron chi connectivity index (χ2n) is 7.30. The summed E-state index contributed by atoms with van der Waals surface area (Å²) in [6.07, 6.45) is 15.6. The molecule has 2 heteroatoms. The number of hydrogen-bond donors (Lipinski definition) is 1. The summed E-state index contributed by atoms with van der Waals surface area (Å²) in [5, 5.41) is 0. The Kier molecular flexibility index (Phi) is 6.83. The molecule has 2 N–H and O–H groups in total. The Bertz CT molecular complexity index is 250. The average molecular weight is 280 g/mol. The molecule has 0 aromatic rings. The van der Waals surface area contributed by atoms with Crippen LogP contribution in [-0.2, 0) is 0 Å². The highest BCUT2D eigenvalue weighted by molar-refractivity contribution is 4.86. The lowest BCUT2D eigenvalue weighted by Gasteiger charge is -2.41. The zero-order chi connectivity index (χ0) is 14.4. The second kappa shape index (κ2) is 8.38. The quantitative estimate of drug-likeness (QED) is 0.765. The molecule has 0 aliphatic heterocycles. The van der Waals surface area contributed by atoms with Gasteiger partial charge in [0.15, 0.2) is 0 Å². The molecule has 2 aliphatic rings. The Morgan fingerprint density at radius 1 is 0.950 bits per heavy atom. The molecule has 118 valence electrons. The van der Waals surface area contributed by atoms with E-state index in [9.17, 15) is 0 Å². The summed E-state index contributed by atoms with van der Waals surface area (Å²) in [7, 11) is 2.36. The van der Waals surface area contributed by atoms with Gasteiger partial charge < -0.3 is 5.73 Å². The van der Waals surface area contributed by atoms with Crippen molar-refractivity contribution < 1.29 is 0 Å². The van der Waals surface area contributed by atoms with Gasteiger partial charge in [0, 0.05) is 18.6 Å². The van der Waals surface area contributed by atoms with E-state index in [4.69, 9.17) is 5.73 Å². The molecule has 2 fully saturated rings. The lowest BCUT2D eigenvalue weighted by atomic mass is 9.82. The normalized spacial score (nSPS) is 31.2. The van der Waals surface area contributed by atoms with Crippen molar-refractivity contribution in [2.75, 3.05) is 13.6 Å². The Hall–Kier alpha value is -0.0800. The Morgan fingerprint density at radius 2 is 1.55 bits per heavy atom. The molecule has 1 unspecified atom stereocenters. The van der Waals surface area contributed by atoms with Gasteiger partial charge in [0.05, 0.1) is 0 Å². The zero-order valence-corrected chi connectivity index (χ0v) is 13.8. The van der Waals surface area contributed by atoms with Gasteiger partial charge >= 0.3 is 0 Å². The van der Waals surface area contributed by atoms with Gasteiger partial charge in [-0.05, 0) is 57.4 Å². The maximum absolute atomic E-state index is 6.17. The highest BCUT2D eigenvalue weighted by Crippen LogP contribution is 2.33.